The Kier molecular flexibility index (Phi) is 5.09. The Balaban J connectivity index is 2.06. The first-order valence-corrected chi connectivity index (χ1v) is 8.05. The first-order chi connectivity index (χ1) is 13.0. The molecule has 0 atom stereocenters. The minimum atomic E-state index is -0.804. The zero-order chi connectivity index (χ0) is 19.6. The molecule has 2 heterocycles. The van der Waals surface area contributed by atoms with Crippen LogP contribution >= 0.6 is 0 Å². The minimum Gasteiger partial charge on any atom is -0.497 e. The SMILES string of the molecule is COc1ccc(OC)c(NC(=O)c2cc3c(CO)cnc(C)c3oc2=O)c1. The summed E-state index contributed by atoms with van der Waals surface area (Å²) in [6.07, 6.45) is 1.48. The number of carbonyl (C=O) groups excluding carboxylic acids is 1. The van der Waals surface area contributed by atoms with Gasteiger partial charge in [-0.1, -0.05) is 0 Å². The van der Waals surface area contributed by atoms with Gasteiger partial charge in [0.2, 0.25) is 0 Å². The number of aryl methyl sites for hydroxylation is 1. The zero-order valence-corrected chi connectivity index (χ0v) is 15.0. The van der Waals surface area contributed by atoms with Gasteiger partial charge in [-0.2, -0.15) is 0 Å². The summed E-state index contributed by atoms with van der Waals surface area (Å²) in [7, 11) is 2.96. The number of ether oxygens (including phenoxy) is 2. The Morgan fingerprint density at radius 3 is 2.70 bits per heavy atom. The highest BCUT2D eigenvalue weighted by atomic mass is 16.5. The number of amides is 1. The summed E-state index contributed by atoms with van der Waals surface area (Å²) in [4.78, 5) is 29.1. The predicted molar refractivity (Wildman–Crippen MR) is 98.4 cm³/mol. The number of carbonyl (C=O) groups is 1. The summed E-state index contributed by atoms with van der Waals surface area (Å²) in [5, 5.41) is 12.6. The fraction of sp³-hybridized carbons (Fsp3) is 0.211. The number of fused-ring (bicyclic) bond motifs is 1. The molecule has 0 bridgehead atoms. The van der Waals surface area contributed by atoms with Crippen molar-refractivity contribution in [3.8, 4) is 11.5 Å². The number of pyridine rings is 1. The zero-order valence-electron chi connectivity index (χ0n) is 15.0. The van der Waals surface area contributed by atoms with E-state index in [4.69, 9.17) is 13.9 Å². The van der Waals surface area contributed by atoms with Crippen molar-refractivity contribution in [1.29, 1.82) is 0 Å². The lowest BCUT2D eigenvalue weighted by atomic mass is 10.1. The van der Waals surface area contributed by atoms with Crippen molar-refractivity contribution < 1.29 is 23.8 Å². The number of aromatic nitrogens is 1. The molecule has 140 valence electrons. The van der Waals surface area contributed by atoms with Gasteiger partial charge in [0.15, 0.2) is 5.58 Å². The Labute approximate surface area is 154 Å². The number of aliphatic hydroxyl groups excluding tert-OH is 1. The van der Waals surface area contributed by atoms with E-state index in [1.54, 1.807) is 25.1 Å². The van der Waals surface area contributed by atoms with E-state index in [1.807, 2.05) is 0 Å². The number of rotatable bonds is 5. The molecule has 0 saturated carbocycles. The smallest absolute Gasteiger partial charge is 0.349 e. The summed E-state index contributed by atoms with van der Waals surface area (Å²) >= 11 is 0. The number of nitrogens with one attached hydrogen (secondary N) is 1. The quantitative estimate of drug-likeness (QED) is 0.708. The van der Waals surface area contributed by atoms with Crippen LogP contribution in [0.15, 0.2) is 39.7 Å². The van der Waals surface area contributed by atoms with Crippen LogP contribution in [-0.4, -0.2) is 30.2 Å². The van der Waals surface area contributed by atoms with Gasteiger partial charge in [0.05, 0.1) is 32.2 Å². The van der Waals surface area contributed by atoms with Gasteiger partial charge in [0.25, 0.3) is 5.91 Å². The minimum absolute atomic E-state index is 0.201. The molecule has 8 nitrogen and oxygen atoms in total. The van der Waals surface area contributed by atoms with Crippen LogP contribution in [0.1, 0.15) is 21.6 Å². The van der Waals surface area contributed by atoms with Crippen LogP contribution in [0.3, 0.4) is 0 Å². The van der Waals surface area contributed by atoms with E-state index in [2.05, 4.69) is 10.3 Å². The van der Waals surface area contributed by atoms with Crippen LogP contribution < -0.4 is 20.4 Å². The van der Waals surface area contributed by atoms with E-state index >= 15 is 0 Å². The number of benzene rings is 1. The standard InChI is InChI=1S/C19H18N2O6/c1-10-17-13(11(9-22)8-20-10)7-14(19(24)27-17)18(23)21-15-6-12(25-2)4-5-16(15)26-3/h4-8,22H,9H2,1-3H3,(H,21,23). The van der Waals surface area contributed by atoms with Gasteiger partial charge in [-0.3, -0.25) is 9.78 Å². The van der Waals surface area contributed by atoms with Gasteiger partial charge in [-0.25, -0.2) is 4.79 Å². The summed E-state index contributed by atoms with van der Waals surface area (Å²) in [6.45, 7) is 1.37. The fourth-order valence-corrected chi connectivity index (χ4v) is 2.67. The molecule has 0 saturated heterocycles. The van der Waals surface area contributed by atoms with Crippen molar-refractivity contribution >= 4 is 22.6 Å². The third kappa shape index (κ3) is 3.47. The molecule has 0 unspecified atom stereocenters. The Hall–Kier alpha value is -3.39. The second-order valence-corrected chi connectivity index (χ2v) is 5.74. The van der Waals surface area contributed by atoms with Gasteiger partial charge in [0.1, 0.15) is 17.1 Å². The third-order valence-electron chi connectivity index (χ3n) is 4.11. The number of anilines is 1. The average Bonchev–Trinajstić information content (AvgIpc) is 2.68. The molecule has 1 amide bonds. The molecule has 8 heteroatoms. The van der Waals surface area contributed by atoms with Crippen molar-refractivity contribution in [3.05, 3.63) is 57.7 Å². The molecule has 2 N–H and O–H groups in total. The average molecular weight is 370 g/mol. The van der Waals surface area contributed by atoms with Crippen LogP contribution in [0, 0.1) is 6.92 Å². The summed E-state index contributed by atoms with van der Waals surface area (Å²) in [6, 6.07) is 6.29. The van der Waals surface area contributed by atoms with Gasteiger partial charge in [0, 0.05) is 23.2 Å². The monoisotopic (exact) mass is 370 g/mol. The van der Waals surface area contributed by atoms with Crippen molar-refractivity contribution in [2.24, 2.45) is 0 Å². The second kappa shape index (κ2) is 7.46. The molecular weight excluding hydrogens is 352 g/mol. The van der Waals surface area contributed by atoms with E-state index in [-0.39, 0.29) is 17.8 Å². The molecule has 0 spiro atoms. The van der Waals surface area contributed by atoms with Gasteiger partial charge in [-0.05, 0) is 25.1 Å². The Morgan fingerprint density at radius 1 is 1.26 bits per heavy atom. The van der Waals surface area contributed by atoms with Crippen molar-refractivity contribution in [2.75, 3.05) is 19.5 Å². The Morgan fingerprint density at radius 2 is 2.04 bits per heavy atom. The Bertz CT molecular complexity index is 1070. The first kappa shape index (κ1) is 18.4. The topological polar surface area (TPSA) is 111 Å². The molecule has 3 aromatic rings. The highest BCUT2D eigenvalue weighted by Gasteiger charge is 2.18. The predicted octanol–water partition coefficient (Wildman–Crippen LogP) is 2.26. The third-order valence-corrected chi connectivity index (χ3v) is 4.11. The van der Waals surface area contributed by atoms with E-state index < -0.39 is 11.5 Å². The lowest BCUT2D eigenvalue weighted by Gasteiger charge is -2.12. The largest absolute Gasteiger partial charge is 0.497 e. The van der Waals surface area contributed by atoms with Crippen LogP contribution in [0.25, 0.3) is 11.0 Å². The summed E-state index contributed by atoms with van der Waals surface area (Å²) < 4.78 is 15.6. The highest BCUT2D eigenvalue weighted by molar-refractivity contribution is 6.06. The van der Waals surface area contributed by atoms with Crippen molar-refractivity contribution in [3.63, 3.8) is 0 Å². The molecule has 2 aromatic heterocycles. The maximum atomic E-state index is 12.7. The van der Waals surface area contributed by atoms with Crippen LogP contribution in [0.4, 0.5) is 5.69 Å². The number of hydrogen-bond acceptors (Lipinski definition) is 7. The van der Waals surface area contributed by atoms with Crippen LogP contribution in [0.5, 0.6) is 11.5 Å². The van der Waals surface area contributed by atoms with Crippen molar-refractivity contribution in [2.45, 2.75) is 13.5 Å². The molecule has 27 heavy (non-hydrogen) atoms. The molecule has 0 aliphatic carbocycles. The summed E-state index contributed by atoms with van der Waals surface area (Å²) in [5.41, 5.74) is 0.513. The van der Waals surface area contributed by atoms with Gasteiger partial charge >= 0.3 is 5.63 Å². The summed E-state index contributed by atoms with van der Waals surface area (Å²) in [5.74, 6) is 0.252. The van der Waals surface area contributed by atoms with Gasteiger partial charge < -0.3 is 24.3 Å². The number of hydrogen-bond donors (Lipinski definition) is 2. The maximum absolute atomic E-state index is 12.7. The molecule has 0 fully saturated rings. The lowest BCUT2D eigenvalue weighted by Crippen LogP contribution is -2.21. The number of methoxy groups -OCH3 is 2. The van der Waals surface area contributed by atoms with E-state index in [1.165, 1.54) is 26.5 Å². The molecule has 0 aliphatic rings. The number of nitrogens with zero attached hydrogens (tertiary/aromatic N) is 1. The number of aliphatic hydroxyl groups is 1. The van der Waals surface area contributed by atoms with Crippen LogP contribution in [-0.2, 0) is 6.61 Å². The fourth-order valence-electron chi connectivity index (χ4n) is 2.67. The molecule has 1 aromatic carbocycles. The molecular formula is C19H18N2O6. The van der Waals surface area contributed by atoms with Gasteiger partial charge in [-0.15, -0.1) is 0 Å². The molecule has 0 aliphatic heterocycles. The first-order valence-electron chi connectivity index (χ1n) is 8.05. The van der Waals surface area contributed by atoms with E-state index in [0.717, 1.165) is 0 Å². The molecule has 0 radical (unpaired) electrons. The normalized spacial score (nSPS) is 10.7. The van der Waals surface area contributed by atoms with Crippen molar-refractivity contribution in [1.82, 2.24) is 4.98 Å². The van der Waals surface area contributed by atoms with E-state index in [0.29, 0.717) is 33.8 Å². The van der Waals surface area contributed by atoms with Crippen LogP contribution in [0.2, 0.25) is 0 Å². The maximum Gasteiger partial charge on any atom is 0.349 e. The lowest BCUT2D eigenvalue weighted by molar-refractivity contribution is 0.102. The van der Waals surface area contributed by atoms with E-state index in [9.17, 15) is 14.7 Å². The highest BCUT2D eigenvalue weighted by Crippen LogP contribution is 2.29. The second-order valence-electron chi connectivity index (χ2n) is 5.74. The molecule has 3 rings (SSSR count).